The Kier molecular flexibility index (Phi) is 5.87. The van der Waals surface area contributed by atoms with Gasteiger partial charge >= 0.3 is 0 Å². The fourth-order valence-corrected chi connectivity index (χ4v) is 2.27. The quantitative estimate of drug-likeness (QED) is 0.807. The highest BCUT2D eigenvalue weighted by molar-refractivity contribution is 5.53. The number of aromatic nitrogens is 2. The molecule has 0 saturated heterocycles. The minimum Gasteiger partial charge on any atom is -0.339 e. The van der Waals surface area contributed by atoms with Gasteiger partial charge in [0.05, 0.1) is 0 Å². The molecule has 1 atom stereocenters. The highest BCUT2D eigenvalue weighted by Crippen LogP contribution is 2.17. The normalized spacial score (nSPS) is 12.5. The van der Waals surface area contributed by atoms with E-state index in [1.54, 1.807) is 12.1 Å². The summed E-state index contributed by atoms with van der Waals surface area (Å²) in [6.07, 6.45) is 3.97. The van der Waals surface area contributed by atoms with Crippen molar-refractivity contribution in [2.45, 2.75) is 45.6 Å². The SMILES string of the molecule is CCCNC(CCC)Cc1nc(-c2cccc(F)c2)no1. The molecular weight excluding hydrogens is 269 g/mol. The van der Waals surface area contributed by atoms with E-state index in [2.05, 4.69) is 29.3 Å². The summed E-state index contributed by atoms with van der Waals surface area (Å²) in [6.45, 7) is 5.28. The predicted octanol–water partition coefficient (Wildman–Crippen LogP) is 3.59. The third-order valence-electron chi connectivity index (χ3n) is 3.29. The Morgan fingerprint density at radius 1 is 1.29 bits per heavy atom. The second kappa shape index (κ2) is 7.88. The van der Waals surface area contributed by atoms with Crippen molar-refractivity contribution in [3.05, 3.63) is 36.0 Å². The molecule has 114 valence electrons. The lowest BCUT2D eigenvalue weighted by Gasteiger charge is -2.15. The second-order valence-corrected chi connectivity index (χ2v) is 5.17. The summed E-state index contributed by atoms with van der Waals surface area (Å²) in [5, 5.41) is 7.43. The summed E-state index contributed by atoms with van der Waals surface area (Å²) in [5.41, 5.74) is 0.638. The Morgan fingerprint density at radius 3 is 2.86 bits per heavy atom. The van der Waals surface area contributed by atoms with Gasteiger partial charge in [0, 0.05) is 18.0 Å². The maximum Gasteiger partial charge on any atom is 0.228 e. The van der Waals surface area contributed by atoms with Crippen molar-refractivity contribution in [3.8, 4) is 11.4 Å². The molecule has 2 aromatic rings. The molecule has 0 aliphatic heterocycles. The fourth-order valence-electron chi connectivity index (χ4n) is 2.27. The van der Waals surface area contributed by atoms with Gasteiger partial charge in [-0.1, -0.05) is 37.6 Å². The van der Waals surface area contributed by atoms with Crippen molar-refractivity contribution in [1.82, 2.24) is 15.5 Å². The van der Waals surface area contributed by atoms with Gasteiger partial charge < -0.3 is 9.84 Å². The van der Waals surface area contributed by atoms with E-state index in [1.807, 2.05) is 0 Å². The zero-order valence-electron chi connectivity index (χ0n) is 12.6. The molecule has 2 rings (SSSR count). The van der Waals surface area contributed by atoms with Crippen LogP contribution >= 0.6 is 0 Å². The first-order valence-corrected chi connectivity index (χ1v) is 7.54. The molecule has 0 aliphatic rings. The van der Waals surface area contributed by atoms with Gasteiger partial charge in [-0.15, -0.1) is 0 Å². The van der Waals surface area contributed by atoms with E-state index in [4.69, 9.17) is 4.52 Å². The highest BCUT2D eigenvalue weighted by atomic mass is 19.1. The van der Waals surface area contributed by atoms with Crippen molar-refractivity contribution >= 4 is 0 Å². The number of rotatable bonds is 8. The van der Waals surface area contributed by atoms with E-state index in [9.17, 15) is 4.39 Å². The Balaban J connectivity index is 2.04. The summed E-state index contributed by atoms with van der Waals surface area (Å²) in [6, 6.07) is 6.57. The standard InChI is InChI=1S/C16H22FN3O/c1-3-6-14(18-9-4-2)11-15-19-16(20-21-15)12-7-5-8-13(17)10-12/h5,7-8,10,14,18H,3-4,6,9,11H2,1-2H3. The van der Waals surface area contributed by atoms with Crippen molar-refractivity contribution in [2.75, 3.05) is 6.54 Å². The van der Waals surface area contributed by atoms with Crippen molar-refractivity contribution in [2.24, 2.45) is 0 Å². The predicted molar refractivity (Wildman–Crippen MR) is 80.4 cm³/mol. The molecule has 1 unspecified atom stereocenters. The zero-order valence-corrected chi connectivity index (χ0v) is 12.6. The van der Waals surface area contributed by atoms with E-state index in [0.29, 0.717) is 29.7 Å². The van der Waals surface area contributed by atoms with Crippen LogP contribution in [0.4, 0.5) is 4.39 Å². The molecule has 1 aromatic heterocycles. The van der Waals surface area contributed by atoms with Crippen molar-refractivity contribution in [1.29, 1.82) is 0 Å². The summed E-state index contributed by atoms with van der Waals surface area (Å²) in [7, 11) is 0. The van der Waals surface area contributed by atoms with Crippen LogP contribution < -0.4 is 5.32 Å². The van der Waals surface area contributed by atoms with E-state index in [-0.39, 0.29) is 5.82 Å². The first-order chi connectivity index (χ1) is 10.2. The molecule has 21 heavy (non-hydrogen) atoms. The van der Waals surface area contributed by atoms with Gasteiger partial charge in [-0.2, -0.15) is 4.98 Å². The van der Waals surface area contributed by atoms with Gasteiger partial charge in [0.15, 0.2) is 0 Å². The molecular formula is C16H22FN3O. The molecule has 1 N–H and O–H groups in total. The minimum absolute atomic E-state index is 0.299. The number of hydrogen-bond acceptors (Lipinski definition) is 4. The molecule has 0 bridgehead atoms. The minimum atomic E-state index is -0.299. The van der Waals surface area contributed by atoms with E-state index in [1.165, 1.54) is 12.1 Å². The molecule has 0 radical (unpaired) electrons. The Hall–Kier alpha value is -1.75. The summed E-state index contributed by atoms with van der Waals surface area (Å²) in [5.74, 6) is 0.735. The number of benzene rings is 1. The van der Waals surface area contributed by atoms with Crippen LogP contribution in [0, 0.1) is 5.82 Å². The third-order valence-corrected chi connectivity index (χ3v) is 3.29. The van der Waals surface area contributed by atoms with Crippen molar-refractivity contribution < 1.29 is 8.91 Å². The van der Waals surface area contributed by atoms with Gasteiger partial charge in [-0.25, -0.2) is 4.39 Å². The first-order valence-electron chi connectivity index (χ1n) is 7.54. The van der Waals surface area contributed by atoms with Crippen LogP contribution in [0.5, 0.6) is 0 Å². The lowest BCUT2D eigenvalue weighted by Crippen LogP contribution is -2.31. The Bertz CT molecular complexity index is 556. The largest absolute Gasteiger partial charge is 0.339 e. The monoisotopic (exact) mass is 291 g/mol. The lowest BCUT2D eigenvalue weighted by atomic mass is 10.1. The molecule has 0 amide bonds. The van der Waals surface area contributed by atoms with Crippen LogP contribution in [0.1, 0.15) is 39.0 Å². The number of hydrogen-bond donors (Lipinski definition) is 1. The molecule has 5 heteroatoms. The molecule has 0 fully saturated rings. The molecule has 1 aromatic carbocycles. The van der Waals surface area contributed by atoms with Gasteiger partial charge in [-0.05, 0) is 31.5 Å². The molecule has 0 aliphatic carbocycles. The van der Waals surface area contributed by atoms with Crippen LogP contribution in [-0.4, -0.2) is 22.7 Å². The third kappa shape index (κ3) is 4.63. The lowest BCUT2D eigenvalue weighted by molar-refractivity contribution is 0.350. The maximum absolute atomic E-state index is 13.2. The fraction of sp³-hybridized carbons (Fsp3) is 0.500. The number of nitrogens with one attached hydrogen (secondary N) is 1. The molecule has 0 saturated carbocycles. The second-order valence-electron chi connectivity index (χ2n) is 5.17. The summed E-state index contributed by atoms with van der Waals surface area (Å²) in [4.78, 5) is 4.37. The Morgan fingerprint density at radius 2 is 2.14 bits per heavy atom. The van der Waals surface area contributed by atoms with Crippen LogP contribution in [0.25, 0.3) is 11.4 Å². The van der Waals surface area contributed by atoms with Crippen LogP contribution in [0.15, 0.2) is 28.8 Å². The molecule has 4 nitrogen and oxygen atoms in total. The number of nitrogens with zero attached hydrogens (tertiary/aromatic N) is 2. The first kappa shape index (κ1) is 15.6. The maximum atomic E-state index is 13.2. The van der Waals surface area contributed by atoms with Crippen LogP contribution in [0.2, 0.25) is 0 Å². The molecule has 1 heterocycles. The van der Waals surface area contributed by atoms with Crippen LogP contribution in [0.3, 0.4) is 0 Å². The van der Waals surface area contributed by atoms with Crippen LogP contribution in [-0.2, 0) is 6.42 Å². The summed E-state index contributed by atoms with van der Waals surface area (Å²) < 4.78 is 18.5. The Labute approximate surface area is 124 Å². The van der Waals surface area contributed by atoms with Gasteiger partial charge in [-0.3, -0.25) is 0 Å². The van der Waals surface area contributed by atoms with Gasteiger partial charge in [0.1, 0.15) is 5.82 Å². The molecule has 0 spiro atoms. The average molecular weight is 291 g/mol. The smallest absolute Gasteiger partial charge is 0.228 e. The highest BCUT2D eigenvalue weighted by Gasteiger charge is 2.14. The average Bonchev–Trinajstić information content (AvgIpc) is 2.93. The van der Waals surface area contributed by atoms with E-state index < -0.39 is 0 Å². The van der Waals surface area contributed by atoms with Gasteiger partial charge in [0.2, 0.25) is 11.7 Å². The van der Waals surface area contributed by atoms with Gasteiger partial charge in [0.25, 0.3) is 0 Å². The van der Waals surface area contributed by atoms with E-state index in [0.717, 1.165) is 25.8 Å². The van der Waals surface area contributed by atoms with Crippen molar-refractivity contribution in [3.63, 3.8) is 0 Å². The van der Waals surface area contributed by atoms with E-state index >= 15 is 0 Å². The number of halogens is 1. The zero-order chi connectivity index (χ0) is 15.1. The summed E-state index contributed by atoms with van der Waals surface area (Å²) >= 11 is 0. The topological polar surface area (TPSA) is 51.0 Å².